The summed E-state index contributed by atoms with van der Waals surface area (Å²) in [6.07, 6.45) is -4.72. The summed E-state index contributed by atoms with van der Waals surface area (Å²) in [5.74, 6) is -0.141. The Kier molecular flexibility index (Phi) is 2.90. The number of nitrogen functional groups attached to an aromatic ring is 1. The van der Waals surface area contributed by atoms with Gasteiger partial charge in [0.1, 0.15) is 18.3 Å². The van der Waals surface area contributed by atoms with Crippen molar-refractivity contribution in [3.63, 3.8) is 0 Å². The number of rotatable bonds is 2. The zero-order chi connectivity index (χ0) is 14.4. The highest BCUT2D eigenvalue weighted by Crippen LogP contribution is 2.29. The van der Waals surface area contributed by atoms with Gasteiger partial charge in [-0.15, -0.1) is 5.10 Å². The predicted molar refractivity (Wildman–Crippen MR) is 63.4 cm³/mol. The van der Waals surface area contributed by atoms with Crippen molar-refractivity contribution in [1.29, 1.82) is 0 Å². The first-order chi connectivity index (χ1) is 9.52. The van der Waals surface area contributed by atoms with Gasteiger partial charge in [0.2, 0.25) is 5.95 Å². The summed E-state index contributed by atoms with van der Waals surface area (Å²) in [5, 5.41) is 36.0. The number of nitrogens with zero attached hydrogens (tertiary/aromatic N) is 4. The van der Waals surface area contributed by atoms with Crippen molar-refractivity contribution >= 4 is 17.1 Å². The van der Waals surface area contributed by atoms with Crippen LogP contribution in [0.3, 0.4) is 0 Å². The van der Waals surface area contributed by atoms with E-state index in [-0.39, 0.29) is 17.1 Å². The number of hydrogen-bond acceptors (Lipinski definition) is 9. The minimum absolute atomic E-state index is 0.0149. The van der Waals surface area contributed by atoms with Crippen molar-refractivity contribution in [1.82, 2.24) is 25.0 Å². The average molecular weight is 284 g/mol. The molecule has 1 saturated heterocycles. The number of aliphatic hydroxyl groups excluding tert-OH is 3. The van der Waals surface area contributed by atoms with Crippen LogP contribution in [0.15, 0.2) is 4.79 Å². The van der Waals surface area contributed by atoms with Crippen molar-refractivity contribution in [2.45, 2.75) is 24.5 Å². The molecule has 11 nitrogen and oxygen atoms in total. The summed E-state index contributed by atoms with van der Waals surface area (Å²) < 4.78 is 6.33. The number of aliphatic hydroxyl groups is 3. The molecule has 6 N–H and O–H groups in total. The summed E-state index contributed by atoms with van der Waals surface area (Å²) in [4.78, 5) is 17.7. The van der Waals surface area contributed by atoms with Gasteiger partial charge in [0.15, 0.2) is 17.4 Å². The summed E-state index contributed by atoms with van der Waals surface area (Å²) >= 11 is 0. The highest BCUT2D eigenvalue weighted by atomic mass is 16.6. The Balaban J connectivity index is 2.09. The van der Waals surface area contributed by atoms with E-state index < -0.39 is 36.7 Å². The van der Waals surface area contributed by atoms with Gasteiger partial charge in [0, 0.05) is 0 Å². The number of ether oxygens (including phenoxy) is 1. The number of hydrogen-bond donors (Lipinski definition) is 5. The number of nitrogens with two attached hydrogens (primary N) is 1. The lowest BCUT2D eigenvalue weighted by Crippen LogP contribution is -2.33. The molecule has 0 bridgehead atoms. The Morgan fingerprint density at radius 2 is 2.15 bits per heavy atom. The molecule has 0 aliphatic carbocycles. The Morgan fingerprint density at radius 3 is 2.80 bits per heavy atom. The fraction of sp³-hybridized carbons (Fsp3) is 0.556. The van der Waals surface area contributed by atoms with Crippen LogP contribution < -0.4 is 11.3 Å². The van der Waals surface area contributed by atoms with E-state index in [1.807, 2.05) is 0 Å². The van der Waals surface area contributed by atoms with E-state index in [0.29, 0.717) is 0 Å². The zero-order valence-corrected chi connectivity index (χ0v) is 10.0. The monoisotopic (exact) mass is 284 g/mol. The van der Waals surface area contributed by atoms with Gasteiger partial charge in [-0.1, -0.05) is 5.21 Å². The van der Waals surface area contributed by atoms with Gasteiger partial charge in [-0.3, -0.25) is 9.78 Å². The molecule has 2 aromatic rings. The molecule has 4 atom stereocenters. The molecule has 1 aliphatic heterocycles. The molecule has 0 spiro atoms. The standard InChI is InChI=1S/C9H12N6O5/c10-9-11-6-3(7(19)12-9)13-14-15(6)8-5(18)4(17)2(1-16)20-8/h2,4-5,8,16-18H,1H2,(H3,10,11,12,19)/t2-,4-,5+,8-/m1/s1. The van der Waals surface area contributed by atoms with Crippen LogP contribution in [0.4, 0.5) is 5.95 Å². The number of H-pyrrole nitrogens is 1. The SMILES string of the molecule is Nc1nc2c(nnn2[C@@H]2O[C@H](CO)[C@@H](O)[C@@H]2O)c(=O)[nH]1. The Morgan fingerprint density at radius 1 is 1.40 bits per heavy atom. The van der Waals surface area contributed by atoms with E-state index in [4.69, 9.17) is 15.6 Å². The number of aromatic amines is 1. The van der Waals surface area contributed by atoms with Crippen LogP contribution in [0.5, 0.6) is 0 Å². The smallest absolute Gasteiger partial charge is 0.282 e. The number of nitrogens with one attached hydrogen (secondary N) is 1. The third kappa shape index (κ3) is 1.76. The number of anilines is 1. The van der Waals surface area contributed by atoms with Gasteiger partial charge in [-0.05, 0) is 0 Å². The van der Waals surface area contributed by atoms with Crippen LogP contribution >= 0.6 is 0 Å². The fourth-order valence-corrected chi connectivity index (χ4v) is 2.11. The summed E-state index contributed by atoms with van der Waals surface area (Å²) in [6.45, 7) is -0.475. The minimum atomic E-state index is -1.35. The van der Waals surface area contributed by atoms with E-state index in [1.54, 1.807) is 0 Å². The van der Waals surface area contributed by atoms with Gasteiger partial charge in [-0.2, -0.15) is 9.67 Å². The maximum Gasteiger partial charge on any atom is 0.282 e. The van der Waals surface area contributed by atoms with E-state index in [9.17, 15) is 15.0 Å². The fourth-order valence-electron chi connectivity index (χ4n) is 2.11. The molecule has 3 rings (SSSR count). The largest absolute Gasteiger partial charge is 0.394 e. The molecule has 1 aliphatic rings. The molecule has 0 unspecified atom stereocenters. The lowest BCUT2D eigenvalue weighted by atomic mass is 10.1. The number of fused-ring (bicyclic) bond motifs is 1. The highest BCUT2D eigenvalue weighted by molar-refractivity contribution is 5.69. The van der Waals surface area contributed by atoms with E-state index in [0.717, 1.165) is 4.68 Å². The molecule has 2 aromatic heterocycles. The van der Waals surface area contributed by atoms with Crippen LogP contribution in [0, 0.1) is 0 Å². The first-order valence-electron chi connectivity index (χ1n) is 5.76. The summed E-state index contributed by atoms with van der Waals surface area (Å²) in [7, 11) is 0. The zero-order valence-electron chi connectivity index (χ0n) is 10.0. The topological polar surface area (TPSA) is 172 Å². The normalized spacial score (nSPS) is 30.1. The van der Waals surface area contributed by atoms with Gasteiger partial charge >= 0.3 is 0 Å². The highest BCUT2D eigenvalue weighted by Gasteiger charge is 2.44. The third-order valence-corrected chi connectivity index (χ3v) is 3.11. The maximum absolute atomic E-state index is 11.6. The molecule has 0 amide bonds. The van der Waals surface area contributed by atoms with Crippen LogP contribution in [-0.4, -0.2) is 65.2 Å². The van der Waals surface area contributed by atoms with Crippen molar-refractivity contribution in [2.24, 2.45) is 0 Å². The molecule has 11 heteroatoms. The average Bonchev–Trinajstić information content (AvgIpc) is 2.93. The first kappa shape index (κ1) is 12.9. The van der Waals surface area contributed by atoms with Crippen molar-refractivity contribution in [3.05, 3.63) is 10.4 Å². The van der Waals surface area contributed by atoms with E-state index >= 15 is 0 Å². The van der Waals surface area contributed by atoms with Crippen LogP contribution in [0.1, 0.15) is 6.23 Å². The van der Waals surface area contributed by atoms with Crippen molar-refractivity contribution in [3.8, 4) is 0 Å². The van der Waals surface area contributed by atoms with Crippen LogP contribution in [-0.2, 0) is 4.74 Å². The molecular weight excluding hydrogens is 272 g/mol. The van der Waals surface area contributed by atoms with Crippen molar-refractivity contribution < 1.29 is 20.1 Å². The van der Waals surface area contributed by atoms with Gasteiger partial charge in [0.05, 0.1) is 6.61 Å². The second-order valence-electron chi connectivity index (χ2n) is 4.39. The van der Waals surface area contributed by atoms with Gasteiger partial charge in [-0.25, -0.2) is 0 Å². The minimum Gasteiger partial charge on any atom is -0.394 e. The molecule has 0 aromatic carbocycles. The summed E-state index contributed by atoms with van der Waals surface area (Å²) in [6, 6.07) is 0. The van der Waals surface area contributed by atoms with E-state index in [1.165, 1.54) is 0 Å². The lowest BCUT2D eigenvalue weighted by molar-refractivity contribution is -0.0574. The Bertz CT molecular complexity index is 698. The molecular formula is C9H12N6O5. The Labute approximate surface area is 110 Å². The molecule has 0 saturated carbocycles. The maximum atomic E-state index is 11.6. The molecule has 0 radical (unpaired) electrons. The first-order valence-corrected chi connectivity index (χ1v) is 5.76. The number of aromatic nitrogens is 5. The molecule has 1 fully saturated rings. The Hall–Kier alpha value is -2.08. The van der Waals surface area contributed by atoms with Gasteiger partial charge in [0.25, 0.3) is 5.56 Å². The summed E-state index contributed by atoms with van der Waals surface area (Å²) in [5.41, 5.74) is 4.80. The quantitative estimate of drug-likeness (QED) is 0.378. The molecule has 3 heterocycles. The van der Waals surface area contributed by atoms with Gasteiger partial charge < -0.3 is 25.8 Å². The molecule has 20 heavy (non-hydrogen) atoms. The van der Waals surface area contributed by atoms with Crippen LogP contribution in [0.2, 0.25) is 0 Å². The lowest BCUT2D eigenvalue weighted by Gasteiger charge is -2.14. The third-order valence-electron chi connectivity index (χ3n) is 3.11. The van der Waals surface area contributed by atoms with Crippen molar-refractivity contribution in [2.75, 3.05) is 12.3 Å². The van der Waals surface area contributed by atoms with E-state index in [2.05, 4.69) is 20.3 Å². The predicted octanol–water partition coefficient (Wildman–Crippen LogP) is -3.29. The second-order valence-corrected chi connectivity index (χ2v) is 4.39. The second kappa shape index (κ2) is 4.49. The van der Waals surface area contributed by atoms with Crippen LogP contribution in [0.25, 0.3) is 11.2 Å². The molecule has 108 valence electrons.